The molecule has 8 unspecified atom stereocenters. The van der Waals surface area contributed by atoms with Crippen LogP contribution in [0.2, 0.25) is 0 Å². The van der Waals surface area contributed by atoms with Gasteiger partial charge in [0.2, 0.25) is 35.3 Å². The van der Waals surface area contributed by atoms with Crippen molar-refractivity contribution in [3.63, 3.8) is 0 Å². The second-order valence-corrected chi connectivity index (χ2v) is 32.5. The summed E-state index contributed by atoms with van der Waals surface area (Å²) in [6, 6.07) is 30.4. The largest absolute Gasteiger partial charge is 0.495 e. The molecule has 0 aromatic carbocycles. The number of aromatic nitrogens is 7. The van der Waals surface area contributed by atoms with Crippen LogP contribution in [0, 0.1) is 30.3 Å². The summed E-state index contributed by atoms with van der Waals surface area (Å²) in [5.74, 6) is 5.13. The van der Waals surface area contributed by atoms with Crippen LogP contribution in [-0.4, -0.2) is 267 Å². The number of halogens is 3. The zero-order valence-electron chi connectivity index (χ0n) is 72.4. The molecule has 0 bridgehead atoms. The molecule has 116 heavy (non-hydrogen) atoms. The fraction of sp³-hybridized carbons (Fsp3) is 0.607. The molecule has 7 fully saturated rings. The third-order valence-electron chi connectivity index (χ3n) is 21.5. The Morgan fingerprint density at radius 2 is 0.741 bits per heavy atom. The number of hydrogen-bond acceptors (Lipinski definition) is 24. The normalized spacial score (nSPS) is 21.8. The Morgan fingerprint density at radius 3 is 1.15 bits per heavy atom. The van der Waals surface area contributed by atoms with Gasteiger partial charge in [0.15, 0.2) is 5.82 Å². The van der Waals surface area contributed by atoms with Gasteiger partial charge >= 0.3 is 0 Å². The molecule has 7 aliphatic heterocycles. The summed E-state index contributed by atoms with van der Waals surface area (Å²) in [4.78, 5) is 45.4. The third-order valence-corrected chi connectivity index (χ3v) is 21.5. The van der Waals surface area contributed by atoms with Crippen molar-refractivity contribution in [2.45, 2.75) is 234 Å². The highest BCUT2D eigenvalue weighted by atomic mass is 19.1. The van der Waals surface area contributed by atoms with Gasteiger partial charge in [-0.05, 0) is 167 Å². The van der Waals surface area contributed by atoms with E-state index in [1.807, 2.05) is 67.6 Å². The molecule has 0 N–H and O–H groups in total. The van der Waals surface area contributed by atoms with E-state index >= 15 is 0 Å². The number of pyridine rings is 7. The van der Waals surface area contributed by atoms with Gasteiger partial charge in [0.1, 0.15) is 71.6 Å². The predicted molar refractivity (Wildman–Crippen MR) is 449 cm³/mol. The van der Waals surface area contributed by atoms with Gasteiger partial charge in [0.25, 0.3) is 5.88 Å². The summed E-state index contributed by atoms with van der Waals surface area (Å²) in [6.45, 7) is 49.4. The van der Waals surface area contributed by atoms with E-state index in [0.29, 0.717) is 83.6 Å². The smallest absolute Gasteiger partial charge is 0.253 e. The SMILES string of the molecule is CC(C)N1CCC(Oc2ccc(F)cn2)C1.CC(C)N1CCC(Oc2cncc(F)c2)C1.CC1CN(C(C)C)CC1Oc1ccccn1.COc1cccc(OC2CCN(C(C)C)C2)n1.COc1cncc(OC2CCN(C(C)C)C2)c1.COc1nc(OC2CCN(C(C)C)C2)ccc1F.Cc1cccc(OC2CCN(C(C)C)C2)n1. The first-order valence-corrected chi connectivity index (χ1v) is 41.7. The highest BCUT2D eigenvalue weighted by Gasteiger charge is 2.34. The third kappa shape index (κ3) is 31.8. The van der Waals surface area contributed by atoms with Gasteiger partial charge in [-0.15, -0.1) is 0 Å². The van der Waals surface area contributed by atoms with Crippen molar-refractivity contribution in [2.24, 2.45) is 5.92 Å². The monoisotopic (exact) mass is 1620 g/mol. The molecule has 7 saturated heterocycles. The van der Waals surface area contributed by atoms with Crippen LogP contribution in [0.4, 0.5) is 13.2 Å². The summed E-state index contributed by atoms with van der Waals surface area (Å²) in [5, 5.41) is 0. The van der Waals surface area contributed by atoms with Crippen molar-refractivity contribution in [1.29, 1.82) is 0 Å². The number of rotatable bonds is 24. The van der Waals surface area contributed by atoms with Gasteiger partial charge in [-0.2, -0.15) is 9.97 Å². The van der Waals surface area contributed by atoms with Gasteiger partial charge in [0, 0.05) is 200 Å². The van der Waals surface area contributed by atoms with Crippen LogP contribution in [0.1, 0.15) is 148 Å². The van der Waals surface area contributed by atoms with Crippen molar-refractivity contribution in [3.05, 3.63) is 151 Å². The molecule has 0 radical (unpaired) electrons. The summed E-state index contributed by atoms with van der Waals surface area (Å²) in [5.41, 5.74) is 1.01. The van der Waals surface area contributed by atoms with Crippen LogP contribution in [0.15, 0.2) is 128 Å². The molecule has 0 saturated carbocycles. The maximum Gasteiger partial charge on any atom is 0.253 e. The molecule has 7 aromatic heterocycles. The fourth-order valence-electron chi connectivity index (χ4n) is 14.3. The van der Waals surface area contributed by atoms with Crippen LogP contribution in [0.3, 0.4) is 0 Å². The predicted octanol–water partition coefficient (Wildman–Crippen LogP) is 14.6. The standard InChI is InChI=1S/C13H19FN2O2.2C13H20N2O2.2C13H20N2O.2C12H17FN2O/c1-9(2)16-7-6-10(8-16)18-12-5-4-11(14)13(15-12)17-3;1-10(2)15-5-4-11(9-15)17-13-6-12(16-3)7-14-8-13;1-10(2)15-8-7-11(9-15)17-13-6-4-5-12(14-13)16-3;1-10(2)15-8-7-12(9-15)16-13-6-4-5-11(3)14-13;1-10(2)15-8-11(3)12(9-15)16-13-6-4-5-7-14-13;1-9(2)15-4-3-11(8-15)16-12-5-10(13)6-14-7-12;1-9(2)15-6-5-11(8-15)16-12-4-3-10(13)7-14-12/h4-5,9-10H,6-8H2,1-3H3;6-8,10-11H,4-5,9H2,1-3H3;4-6,10-11H,7-9H2,1-3H3;4-6,10,12H,7-9H2,1-3H3;4-7,10-12H,8-9H2,1-3H3;5-7,9,11H,3-4,8H2,1-2H3;3-4,7,9,11H,5-6,8H2,1-2H3. The van der Waals surface area contributed by atoms with Crippen molar-refractivity contribution in [1.82, 2.24) is 69.2 Å². The first-order valence-electron chi connectivity index (χ1n) is 41.7. The molecule has 640 valence electrons. The van der Waals surface area contributed by atoms with Crippen LogP contribution in [0.5, 0.6) is 58.4 Å². The van der Waals surface area contributed by atoms with Gasteiger partial charge in [-0.1, -0.05) is 25.1 Å². The topological polar surface area (TPSA) is 205 Å². The molecule has 7 aromatic rings. The minimum Gasteiger partial charge on any atom is -0.495 e. The zero-order chi connectivity index (χ0) is 83.8. The van der Waals surface area contributed by atoms with Crippen LogP contribution in [0.25, 0.3) is 0 Å². The molecule has 0 amide bonds. The lowest BCUT2D eigenvalue weighted by molar-refractivity contribution is 0.162. The van der Waals surface area contributed by atoms with Crippen molar-refractivity contribution < 1.29 is 60.5 Å². The maximum absolute atomic E-state index is 13.2. The van der Waals surface area contributed by atoms with E-state index in [1.54, 1.807) is 45.1 Å². The molecule has 0 aliphatic carbocycles. The Labute approximate surface area is 689 Å². The Bertz CT molecular complexity index is 3780. The van der Waals surface area contributed by atoms with E-state index in [0.717, 1.165) is 159 Å². The second kappa shape index (κ2) is 47.8. The highest BCUT2D eigenvalue weighted by molar-refractivity contribution is 5.29. The number of likely N-dealkylation sites (tertiary alicyclic amines) is 7. The lowest BCUT2D eigenvalue weighted by atomic mass is 10.1. The highest BCUT2D eigenvalue weighted by Crippen LogP contribution is 2.29. The molecule has 14 rings (SSSR count). The summed E-state index contributed by atoms with van der Waals surface area (Å²) in [7, 11) is 4.64. The lowest BCUT2D eigenvalue weighted by Crippen LogP contribution is -2.30. The van der Waals surface area contributed by atoms with Crippen molar-refractivity contribution in [2.75, 3.05) is 113 Å². The van der Waals surface area contributed by atoms with Crippen LogP contribution >= 0.6 is 0 Å². The molecular weight excluding hydrogens is 1480 g/mol. The summed E-state index contributed by atoms with van der Waals surface area (Å²) in [6.07, 6.45) is 16.9. The van der Waals surface area contributed by atoms with E-state index in [2.05, 4.69) is 173 Å². The number of aryl methyl sites for hydroxylation is 1. The van der Waals surface area contributed by atoms with E-state index in [-0.39, 0.29) is 54.1 Å². The van der Waals surface area contributed by atoms with E-state index in [1.165, 1.54) is 43.8 Å². The van der Waals surface area contributed by atoms with Crippen LogP contribution < -0.4 is 47.4 Å². The molecule has 27 heteroatoms. The summed E-state index contributed by atoms with van der Waals surface area (Å²) >= 11 is 0. The van der Waals surface area contributed by atoms with E-state index in [4.69, 9.17) is 47.4 Å². The summed E-state index contributed by atoms with van der Waals surface area (Å²) < 4.78 is 94.5. The maximum atomic E-state index is 13.2. The zero-order valence-corrected chi connectivity index (χ0v) is 72.4. The first kappa shape index (κ1) is 93.1. The van der Waals surface area contributed by atoms with Gasteiger partial charge < -0.3 is 47.4 Å². The van der Waals surface area contributed by atoms with E-state index in [9.17, 15) is 13.2 Å². The van der Waals surface area contributed by atoms with Crippen molar-refractivity contribution >= 4 is 0 Å². The Morgan fingerprint density at radius 1 is 0.336 bits per heavy atom. The first-order chi connectivity index (χ1) is 55.6. The van der Waals surface area contributed by atoms with Gasteiger partial charge in [-0.25, -0.2) is 28.1 Å². The Balaban J connectivity index is 0.000000169. The van der Waals surface area contributed by atoms with E-state index < -0.39 is 5.82 Å². The molecule has 7 aliphatic rings. The molecule has 14 heterocycles. The molecule has 0 spiro atoms. The molecular formula is C89H133F3N14O10. The fourth-order valence-corrected chi connectivity index (χ4v) is 14.3. The molecule has 8 atom stereocenters. The second-order valence-electron chi connectivity index (χ2n) is 32.5. The van der Waals surface area contributed by atoms with Crippen LogP contribution in [-0.2, 0) is 0 Å². The average Bonchev–Trinajstić information content (AvgIpc) is 1.51. The Kier molecular flexibility index (Phi) is 38.4. The number of ether oxygens (including phenoxy) is 10. The number of nitrogens with zero attached hydrogens (tertiary/aromatic N) is 14. The minimum absolute atomic E-state index is 0.0220. The average molecular weight is 1620 g/mol. The van der Waals surface area contributed by atoms with Gasteiger partial charge in [-0.3, -0.25) is 44.3 Å². The Hall–Kier alpha value is -8.44. The van der Waals surface area contributed by atoms with Crippen molar-refractivity contribution in [3.8, 4) is 58.4 Å². The number of hydrogen-bond donors (Lipinski definition) is 0. The number of methoxy groups -OCH3 is 3. The quantitative estimate of drug-likeness (QED) is 0.0551. The minimum atomic E-state index is -0.472. The lowest BCUT2D eigenvalue weighted by Gasteiger charge is -2.20. The molecule has 24 nitrogen and oxygen atoms in total. The van der Waals surface area contributed by atoms with Gasteiger partial charge in [0.05, 0.1) is 52.3 Å².